The summed E-state index contributed by atoms with van der Waals surface area (Å²) in [5.41, 5.74) is 4.19. The molecule has 14 heavy (non-hydrogen) atoms. The van der Waals surface area contributed by atoms with E-state index in [-0.39, 0.29) is 0 Å². The quantitative estimate of drug-likeness (QED) is 0.883. The van der Waals surface area contributed by atoms with Crippen LogP contribution in [0.4, 0.5) is 8.78 Å². The van der Waals surface area contributed by atoms with E-state index in [1.54, 1.807) is 6.07 Å². The Hall–Kier alpha value is -0.190. The number of nitrogens with two attached hydrogens (primary N) is 1. The van der Waals surface area contributed by atoms with E-state index in [0.29, 0.717) is 15.1 Å². The zero-order valence-electron chi connectivity index (χ0n) is 7.40. The first-order chi connectivity index (χ1) is 6.35. The zero-order chi connectivity index (χ0) is 10.9. The monoisotopic (exact) mass is 283 g/mol. The van der Waals surface area contributed by atoms with Crippen LogP contribution in [-0.4, -0.2) is 6.43 Å². The molecule has 1 aromatic rings. The molecule has 1 rings (SSSR count). The summed E-state index contributed by atoms with van der Waals surface area (Å²) in [6, 6.07) is 4.58. The molecule has 0 aliphatic rings. The Morgan fingerprint density at radius 2 is 2.07 bits per heavy atom. The molecule has 1 nitrogen and oxygen atoms in total. The van der Waals surface area contributed by atoms with Crippen molar-refractivity contribution in [2.45, 2.75) is 18.9 Å². The van der Waals surface area contributed by atoms with Gasteiger partial charge in [0.2, 0.25) is 0 Å². The molecule has 0 heterocycles. The van der Waals surface area contributed by atoms with Gasteiger partial charge in [-0.2, -0.15) is 0 Å². The van der Waals surface area contributed by atoms with Crippen molar-refractivity contribution in [3.05, 3.63) is 33.3 Å². The molecule has 0 saturated carbocycles. The van der Waals surface area contributed by atoms with E-state index in [2.05, 4.69) is 15.9 Å². The number of alkyl halides is 2. The molecule has 0 spiro atoms. The van der Waals surface area contributed by atoms with Crippen molar-refractivity contribution in [3.63, 3.8) is 0 Å². The second kappa shape index (κ2) is 4.13. The van der Waals surface area contributed by atoms with E-state index in [4.69, 9.17) is 17.3 Å². The van der Waals surface area contributed by atoms with Crippen LogP contribution < -0.4 is 5.73 Å². The fourth-order valence-corrected chi connectivity index (χ4v) is 2.15. The molecule has 78 valence electrons. The average molecular weight is 285 g/mol. The first kappa shape index (κ1) is 11.9. The Morgan fingerprint density at radius 1 is 1.50 bits per heavy atom. The third-order valence-corrected chi connectivity index (χ3v) is 2.86. The van der Waals surface area contributed by atoms with Gasteiger partial charge in [-0.3, -0.25) is 0 Å². The van der Waals surface area contributed by atoms with Crippen molar-refractivity contribution < 1.29 is 8.78 Å². The minimum Gasteiger partial charge on any atom is -0.317 e. The lowest BCUT2D eigenvalue weighted by Crippen LogP contribution is -2.40. The Bertz CT molecular complexity index is 342. The van der Waals surface area contributed by atoms with Crippen LogP contribution in [0.5, 0.6) is 0 Å². The lowest BCUT2D eigenvalue weighted by atomic mass is 9.94. The van der Waals surface area contributed by atoms with Crippen LogP contribution >= 0.6 is 27.5 Å². The topological polar surface area (TPSA) is 26.0 Å². The minimum atomic E-state index is -2.63. The molecule has 1 atom stereocenters. The largest absolute Gasteiger partial charge is 0.317 e. The lowest BCUT2D eigenvalue weighted by Gasteiger charge is -2.25. The van der Waals surface area contributed by atoms with E-state index >= 15 is 0 Å². The van der Waals surface area contributed by atoms with Crippen LogP contribution in [0.15, 0.2) is 22.7 Å². The zero-order valence-corrected chi connectivity index (χ0v) is 9.74. The first-order valence-electron chi connectivity index (χ1n) is 3.88. The van der Waals surface area contributed by atoms with Gasteiger partial charge in [0.25, 0.3) is 6.43 Å². The second-order valence-corrected chi connectivity index (χ2v) is 4.50. The third kappa shape index (κ3) is 2.24. The number of rotatable bonds is 2. The fourth-order valence-electron chi connectivity index (χ4n) is 1.04. The van der Waals surface area contributed by atoms with Gasteiger partial charge in [-0.25, -0.2) is 8.78 Å². The highest BCUT2D eigenvalue weighted by Gasteiger charge is 2.33. The van der Waals surface area contributed by atoms with Crippen molar-refractivity contribution in [1.29, 1.82) is 0 Å². The van der Waals surface area contributed by atoms with Gasteiger partial charge in [0.1, 0.15) is 5.54 Å². The Kier molecular flexibility index (Phi) is 3.50. The fraction of sp³-hybridized carbons (Fsp3) is 0.333. The van der Waals surface area contributed by atoms with E-state index in [1.165, 1.54) is 19.1 Å². The van der Waals surface area contributed by atoms with Gasteiger partial charge in [0.15, 0.2) is 0 Å². The number of benzene rings is 1. The van der Waals surface area contributed by atoms with Crippen LogP contribution in [-0.2, 0) is 5.54 Å². The molecule has 1 unspecified atom stereocenters. The SMILES string of the molecule is CC(N)(c1ccc(Cl)cc1Br)C(F)F. The highest BCUT2D eigenvalue weighted by atomic mass is 79.9. The smallest absolute Gasteiger partial charge is 0.260 e. The van der Waals surface area contributed by atoms with E-state index in [1.807, 2.05) is 0 Å². The highest BCUT2D eigenvalue weighted by Crippen LogP contribution is 2.32. The van der Waals surface area contributed by atoms with E-state index in [9.17, 15) is 8.78 Å². The average Bonchev–Trinajstić information content (AvgIpc) is 2.02. The minimum absolute atomic E-state index is 0.344. The van der Waals surface area contributed by atoms with Gasteiger partial charge >= 0.3 is 0 Å². The van der Waals surface area contributed by atoms with Crippen LogP contribution in [0.2, 0.25) is 5.02 Å². The van der Waals surface area contributed by atoms with Crippen molar-refractivity contribution in [1.82, 2.24) is 0 Å². The predicted molar refractivity (Wildman–Crippen MR) is 56.7 cm³/mol. The molecule has 0 aliphatic carbocycles. The molecule has 1 aromatic carbocycles. The number of halogens is 4. The van der Waals surface area contributed by atoms with Crippen LogP contribution in [0, 0.1) is 0 Å². The summed E-state index contributed by atoms with van der Waals surface area (Å²) >= 11 is 8.84. The van der Waals surface area contributed by atoms with Crippen LogP contribution in [0.3, 0.4) is 0 Å². The molecule has 0 saturated heterocycles. The molecular formula is C9H9BrClF2N. The first-order valence-corrected chi connectivity index (χ1v) is 5.05. The lowest BCUT2D eigenvalue weighted by molar-refractivity contribution is 0.0621. The maximum Gasteiger partial charge on any atom is 0.260 e. The maximum absolute atomic E-state index is 12.6. The van der Waals surface area contributed by atoms with Gasteiger partial charge in [-0.1, -0.05) is 33.6 Å². The van der Waals surface area contributed by atoms with Crippen LogP contribution in [0.1, 0.15) is 12.5 Å². The molecule has 0 fully saturated rings. The van der Waals surface area contributed by atoms with E-state index < -0.39 is 12.0 Å². The molecule has 0 aromatic heterocycles. The van der Waals surface area contributed by atoms with Gasteiger partial charge in [-0.05, 0) is 24.6 Å². The van der Waals surface area contributed by atoms with Crippen molar-refractivity contribution in [3.8, 4) is 0 Å². The van der Waals surface area contributed by atoms with Gasteiger partial charge in [0, 0.05) is 9.50 Å². The number of hydrogen-bond donors (Lipinski definition) is 1. The molecule has 0 amide bonds. The Balaban J connectivity index is 3.19. The van der Waals surface area contributed by atoms with Gasteiger partial charge in [-0.15, -0.1) is 0 Å². The van der Waals surface area contributed by atoms with Crippen molar-refractivity contribution in [2.75, 3.05) is 0 Å². The summed E-state index contributed by atoms with van der Waals surface area (Å²) in [6.45, 7) is 1.28. The highest BCUT2D eigenvalue weighted by molar-refractivity contribution is 9.10. The summed E-state index contributed by atoms with van der Waals surface area (Å²) < 4.78 is 25.7. The van der Waals surface area contributed by atoms with E-state index in [0.717, 1.165) is 0 Å². The summed E-state index contributed by atoms with van der Waals surface area (Å²) in [4.78, 5) is 0. The summed E-state index contributed by atoms with van der Waals surface area (Å²) in [7, 11) is 0. The molecule has 5 heteroatoms. The van der Waals surface area contributed by atoms with Crippen molar-refractivity contribution in [2.24, 2.45) is 5.73 Å². The summed E-state index contributed by atoms with van der Waals surface area (Å²) in [6.07, 6.45) is -2.63. The standard InChI is InChI=1S/C9H9BrClF2N/c1-9(14,8(12)13)6-3-2-5(11)4-7(6)10/h2-4,8H,14H2,1H3. The Morgan fingerprint density at radius 3 is 2.50 bits per heavy atom. The summed E-state index contributed by atoms with van der Waals surface area (Å²) in [5, 5.41) is 0.477. The maximum atomic E-state index is 12.6. The Labute approximate surface area is 94.4 Å². The normalized spacial score (nSPS) is 15.6. The predicted octanol–water partition coefficient (Wildman–Crippen LogP) is 3.54. The third-order valence-electron chi connectivity index (χ3n) is 1.96. The molecular weight excluding hydrogens is 275 g/mol. The molecule has 0 bridgehead atoms. The number of hydrogen-bond acceptors (Lipinski definition) is 1. The van der Waals surface area contributed by atoms with Crippen molar-refractivity contribution >= 4 is 27.5 Å². The molecule has 2 N–H and O–H groups in total. The van der Waals surface area contributed by atoms with Gasteiger partial charge < -0.3 is 5.73 Å². The van der Waals surface area contributed by atoms with Crippen LogP contribution in [0.25, 0.3) is 0 Å². The molecule has 0 radical (unpaired) electrons. The summed E-state index contributed by atoms with van der Waals surface area (Å²) in [5.74, 6) is 0. The molecule has 0 aliphatic heterocycles. The van der Waals surface area contributed by atoms with Gasteiger partial charge in [0.05, 0.1) is 0 Å². The second-order valence-electron chi connectivity index (χ2n) is 3.21.